The third-order valence-corrected chi connectivity index (χ3v) is 4.37. The summed E-state index contributed by atoms with van der Waals surface area (Å²) in [5, 5.41) is 6.78. The summed E-state index contributed by atoms with van der Waals surface area (Å²) in [5.41, 5.74) is 2.35. The van der Waals surface area contributed by atoms with Gasteiger partial charge in [-0.2, -0.15) is 0 Å². The fraction of sp³-hybridized carbons (Fsp3) is 0.667. The van der Waals surface area contributed by atoms with Gasteiger partial charge in [-0.3, -0.25) is 4.99 Å². The highest BCUT2D eigenvalue weighted by molar-refractivity contribution is 14.0. The van der Waals surface area contributed by atoms with E-state index in [1.807, 2.05) is 7.05 Å². The quantitative estimate of drug-likeness (QED) is 0.224. The van der Waals surface area contributed by atoms with Gasteiger partial charge in [0, 0.05) is 31.7 Å². The molecule has 0 aliphatic carbocycles. The number of guanidine groups is 1. The normalized spacial score (nSPS) is 11.7. The molecule has 0 saturated carbocycles. The van der Waals surface area contributed by atoms with Gasteiger partial charge in [-0.1, -0.05) is 12.1 Å². The summed E-state index contributed by atoms with van der Waals surface area (Å²) >= 11 is 0. The van der Waals surface area contributed by atoms with E-state index in [-0.39, 0.29) is 30.1 Å². The van der Waals surface area contributed by atoms with E-state index in [0.717, 1.165) is 36.8 Å². The van der Waals surface area contributed by atoms with Gasteiger partial charge in [-0.05, 0) is 72.7 Å². The molecule has 0 saturated heterocycles. The number of aryl methyl sites for hydroxylation is 1. The Morgan fingerprint density at radius 2 is 1.85 bits per heavy atom. The number of hydrogen-bond donors (Lipinski definition) is 2. The van der Waals surface area contributed by atoms with E-state index in [1.54, 1.807) is 0 Å². The van der Waals surface area contributed by atoms with E-state index in [1.165, 1.54) is 12.0 Å². The maximum absolute atomic E-state index is 5.94. The van der Waals surface area contributed by atoms with Crippen molar-refractivity contribution in [3.63, 3.8) is 0 Å². The van der Waals surface area contributed by atoms with Crippen LogP contribution in [0, 0.1) is 6.92 Å². The first kappa shape index (κ1) is 26.0. The molecular formula is C21H39IN4O. The number of hydrogen-bond acceptors (Lipinski definition) is 3. The number of halogens is 1. The molecule has 1 rings (SSSR count). The van der Waals surface area contributed by atoms with Crippen LogP contribution >= 0.6 is 24.0 Å². The molecule has 1 aromatic rings. The maximum Gasteiger partial charge on any atom is 0.191 e. The fourth-order valence-electron chi connectivity index (χ4n) is 2.52. The second-order valence-electron chi connectivity index (χ2n) is 7.41. The standard InChI is InChI=1S/C21H38N4O.HI/c1-16(2)25(7)13-9-8-12-23-21(22-6)24-15-19-11-10-18(5)14-20(19)26-17(3)4;/h10-11,14,16-17H,8-9,12-13,15H2,1-7H3,(H2,22,23,24);1H. The Morgan fingerprint density at radius 3 is 2.44 bits per heavy atom. The second-order valence-corrected chi connectivity index (χ2v) is 7.41. The van der Waals surface area contributed by atoms with Crippen LogP contribution in [-0.2, 0) is 6.54 Å². The third kappa shape index (κ3) is 10.8. The summed E-state index contributed by atoms with van der Waals surface area (Å²) in [7, 11) is 3.99. The van der Waals surface area contributed by atoms with Crippen LogP contribution in [0.2, 0.25) is 0 Å². The van der Waals surface area contributed by atoms with Crippen molar-refractivity contribution in [1.82, 2.24) is 15.5 Å². The molecule has 0 aliphatic heterocycles. The average Bonchev–Trinajstić information content (AvgIpc) is 2.57. The summed E-state index contributed by atoms with van der Waals surface area (Å²) in [6.45, 7) is 13.4. The first-order valence-corrected chi connectivity index (χ1v) is 9.74. The van der Waals surface area contributed by atoms with E-state index >= 15 is 0 Å². The smallest absolute Gasteiger partial charge is 0.191 e. The van der Waals surface area contributed by atoms with Crippen molar-refractivity contribution < 1.29 is 4.74 Å². The lowest BCUT2D eigenvalue weighted by molar-refractivity contribution is 0.239. The Bertz CT molecular complexity index is 561. The summed E-state index contributed by atoms with van der Waals surface area (Å²) in [6.07, 6.45) is 2.48. The minimum atomic E-state index is 0. The molecule has 6 heteroatoms. The number of benzene rings is 1. The lowest BCUT2D eigenvalue weighted by Crippen LogP contribution is -2.37. The molecule has 27 heavy (non-hydrogen) atoms. The highest BCUT2D eigenvalue weighted by Crippen LogP contribution is 2.21. The van der Waals surface area contributed by atoms with Crippen LogP contribution in [0.15, 0.2) is 23.2 Å². The van der Waals surface area contributed by atoms with Crippen LogP contribution in [0.25, 0.3) is 0 Å². The lowest BCUT2D eigenvalue weighted by atomic mass is 10.1. The highest BCUT2D eigenvalue weighted by atomic mass is 127. The molecule has 2 N–H and O–H groups in total. The van der Waals surface area contributed by atoms with Gasteiger partial charge in [-0.15, -0.1) is 24.0 Å². The summed E-state index contributed by atoms with van der Waals surface area (Å²) in [6, 6.07) is 6.94. The summed E-state index contributed by atoms with van der Waals surface area (Å²) < 4.78 is 5.94. The SMILES string of the molecule is CN=C(NCCCCN(C)C(C)C)NCc1ccc(C)cc1OC(C)C.I. The predicted molar refractivity (Wildman–Crippen MR) is 128 cm³/mol. The largest absolute Gasteiger partial charge is 0.491 e. The predicted octanol–water partition coefficient (Wildman–Crippen LogP) is 4.19. The Kier molecular flexibility index (Phi) is 13.5. The van der Waals surface area contributed by atoms with E-state index < -0.39 is 0 Å². The first-order chi connectivity index (χ1) is 12.3. The van der Waals surface area contributed by atoms with Gasteiger partial charge in [-0.25, -0.2) is 0 Å². The zero-order chi connectivity index (χ0) is 19.5. The summed E-state index contributed by atoms with van der Waals surface area (Å²) in [4.78, 5) is 6.69. The van der Waals surface area contributed by atoms with Gasteiger partial charge in [0.15, 0.2) is 5.96 Å². The van der Waals surface area contributed by atoms with Crippen molar-refractivity contribution in [2.45, 2.75) is 66.2 Å². The van der Waals surface area contributed by atoms with Crippen molar-refractivity contribution in [3.8, 4) is 5.75 Å². The van der Waals surface area contributed by atoms with E-state index in [4.69, 9.17) is 4.74 Å². The number of nitrogens with zero attached hydrogens (tertiary/aromatic N) is 2. The lowest BCUT2D eigenvalue weighted by Gasteiger charge is -2.21. The number of ether oxygens (including phenoxy) is 1. The molecule has 0 spiro atoms. The Labute approximate surface area is 183 Å². The van der Waals surface area contributed by atoms with E-state index in [9.17, 15) is 0 Å². The average molecular weight is 490 g/mol. The molecule has 1 aromatic carbocycles. The van der Waals surface area contributed by atoms with Crippen LogP contribution < -0.4 is 15.4 Å². The molecule has 0 bridgehead atoms. The molecule has 0 unspecified atom stereocenters. The molecule has 5 nitrogen and oxygen atoms in total. The van der Waals surface area contributed by atoms with Crippen molar-refractivity contribution in [2.75, 3.05) is 27.2 Å². The monoisotopic (exact) mass is 490 g/mol. The van der Waals surface area contributed by atoms with E-state index in [0.29, 0.717) is 12.6 Å². The minimum Gasteiger partial charge on any atom is -0.491 e. The van der Waals surface area contributed by atoms with Gasteiger partial charge in [0.05, 0.1) is 6.10 Å². The Hall–Kier alpha value is -1.02. The number of rotatable bonds is 10. The molecule has 0 atom stereocenters. The minimum absolute atomic E-state index is 0. The molecule has 0 radical (unpaired) electrons. The molecule has 0 aliphatic rings. The van der Waals surface area contributed by atoms with E-state index in [2.05, 4.69) is 80.4 Å². The van der Waals surface area contributed by atoms with Crippen molar-refractivity contribution in [3.05, 3.63) is 29.3 Å². The number of nitrogens with one attached hydrogen (secondary N) is 2. The number of unbranched alkanes of at least 4 members (excludes halogenated alkanes) is 1. The highest BCUT2D eigenvalue weighted by Gasteiger charge is 2.07. The second kappa shape index (κ2) is 14.0. The van der Waals surface area contributed by atoms with Gasteiger partial charge in [0.2, 0.25) is 0 Å². The van der Waals surface area contributed by atoms with Crippen LogP contribution in [-0.4, -0.2) is 50.2 Å². The van der Waals surface area contributed by atoms with Crippen molar-refractivity contribution in [1.29, 1.82) is 0 Å². The zero-order valence-corrected chi connectivity index (χ0v) is 20.5. The first-order valence-electron chi connectivity index (χ1n) is 9.74. The van der Waals surface area contributed by atoms with Gasteiger partial charge in [0.1, 0.15) is 5.75 Å². The van der Waals surface area contributed by atoms with Gasteiger partial charge < -0.3 is 20.3 Å². The van der Waals surface area contributed by atoms with Crippen molar-refractivity contribution in [2.24, 2.45) is 4.99 Å². The third-order valence-electron chi connectivity index (χ3n) is 4.37. The van der Waals surface area contributed by atoms with Crippen LogP contribution in [0.4, 0.5) is 0 Å². The van der Waals surface area contributed by atoms with Crippen molar-refractivity contribution >= 4 is 29.9 Å². The molecule has 0 heterocycles. The molecule has 0 fully saturated rings. The molecule has 0 amide bonds. The number of aliphatic imine (C=N–C) groups is 1. The zero-order valence-electron chi connectivity index (χ0n) is 18.1. The van der Waals surface area contributed by atoms with Gasteiger partial charge >= 0.3 is 0 Å². The molecular weight excluding hydrogens is 451 g/mol. The summed E-state index contributed by atoms with van der Waals surface area (Å²) in [5.74, 6) is 1.78. The molecule has 156 valence electrons. The maximum atomic E-state index is 5.94. The van der Waals surface area contributed by atoms with Gasteiger partial charge in [0.25, 0.3) is 0 Å². The van der Waals surface area contributed by atoms with Crippen LogP contribution in [0.3, 0.4) is 0 Å². The molecule has 0 aromatic heterocycles. The van der Waals surface area contributed by atoms with Crippen LogP contribution in [0.1, 0.15) is 51.7 Å². The Balaban J connectivity index is 0.00000676. The Morgan fingerprint density at radius 1 is 1.15 bits per heavy atom. The fourth-order valence-corrected chi connectivity index (χ4v) is 2.52. The van der Waals surface area contributed by atoms with Crippen LogP contribution in [0.5, 0.6) is 5.75 Å². The topological polar surface area (TPSA) is 48.9 Å².